The van der Waals surface area contributed by atoms with Crippen molar-refractivity contribution >= 4 is 33.5 Å². The fraction of sp³-hybridized carbons (Fsp3) is 0.214. The Morgan fingerprint density at radius 3 is 2.86 bits per heavy atom. The van der Waals surface area contributed by atoms with Crippen LogP contribution < -0.4 is 0 Å². The molecule has 0 fully saturated rings. The molecule has 4 nitrogen and oxygen atoms in total. The van der Waals surface area contributed by atoms with Crippen LogP contribution in [-0.4, -0.2) is 22.5 Å². The highest BCUT2D eigenvalue weighted by Crippen LogP contribution is 2.27. The molecule has 0 aliphatic carbocycles. The molecule has 0 saturated heterocycles. The van der Waals surface area contributed by atoms with Crippen molar-refractivity contribution in [2.45, 2.75) is 12.8 Å². The van der Waals surface area contributed by atoms with Gasteiger partial charge in [0.1, 0.15) is 11.4 Å². The summed E-state index contributed by atoms with van der Waals surface area (Å²) in [6.07, 6.45) is 1.37. The third-order valence-electron chi connectivity index (χ3n) is 2.66. The molecule has 0 saturated carbocycles. The first kappa shape index (κ1) is 15.9. The molecular formula is C14H11BrClFN2O2. The lowest BCUT2D eigenvalue weighted by molar-refractivity contribution is 0.0524. The number of ether oxygens (including phenoxy) is 1. The van der Waals surface area contributed by atoms with Crippen LogP contribution in [0.4, 0.5) is 4.39 Å². The summed E-state index contributed by atoms with van der Waals surface area (Å²) < 4.78 is 18.5. The minimum Gasteiger partial charge on any atom is -0.462 e. The fourth-order valence-corrected chi connectivity index (χ4v) is 2.43. The van der Waals surface area contributed by atoms with Crippen LogP contribution in [0.1, 0.15) is 23.0 Å². The minimum atomic E-state index is -0.516. The van der Waals surface area contributed by atoms with Gasteiger partial charge in [0.2, 0.25) is 0 Å². The topological polar surface area (TPSA) is 52.1 Å². The lowest BCUT2D eigenvalue weighted by atomic mass is 10.2. The third kappa shape index (κ3) is 3.57. The van der Waals surface area contributed by atoms with Crippen LogP contribution in [0.3, 0.4) is 0 Å². The lowest BCUT2D eigenvalue weighted by Gasteiger charge is -2.08. The van der Waals surface area contributed by atoms with E-state index in [0.717, 1.165) is 0 Å². The van der Waals surface area contributed by atoms with Crippen LogP contribution in [0.2, 0.25) is 0 Å². The van der Waals surface area contributed by atoms with Gasteiger partial charge in [-0.05, 0) is 41.1 Å². The van der Waals surface area contributed by atoms with Crippen LogP contribution >= 0.6 is 27.5 Å². The maximum Gasteiger partial charge on any atom is 0.341 e. The smallest absolute Gasteiger partial charge is 0.341 e. The number of hydrogen-bond acceptors (Lipinski definition) is 4. The van der Waals surface area contributed by atoms with Gasteiger partial charge in [0.05, 0.1) is 18.2 Å². The molecule has 0 spiro atoms. The van der Waals surface area contributed by atoms with Crippen molar-refractivity contribution in [3.63, 3.8) is 0 Å². The molecule has 0 bridgehead atoms. The Balaban J connectivity index is 2.45. The second-order valence-corrected chi connectivity index (χ2v) is 5.15. The Kier molecular flexibility index (Phi) is 5.25. The normalized spacial score (nSPS) is 10.5. The largest absolute Gasteiger partial charge is 0.462 e. The number of rotatable bonds is 4. The Morgan fingerprint density at radius 2 is 2.24 bits per heavy atom. The number of carbonyl (C=O) groups excluding carboxylic acids is 1. The first-order chi connectivity index (χ1) is 10.1. The van der Waals surface area contributed by atoms with Gasteiger partial charge in [-0.1, -0.05) is 0 Å². The van der Waals surface area contributed by atoms with Gasteiger partial charge in [-0.25, -0.2) is 19.2 Å². The van der Waals surface area contributed by atoms with Crippen molar-refractivity contribution in [3.8, 4) is 11.4 Å². The van der Waals surface area contributed by atoms with Crippen molar-refractivity contribution < 1.29 is 13.9 Å². The van der Waals surface area contributed by atoms with Crippen LogP contribution in [-0.2, 0) is 10.6 Å². The summed E-state index contributed by atoms with van der Waals surface area (Å²) in [4.78, 5) is 20.2. The molecule has 2 rings (SSSR count). The summed E-state index contributed by atoms with van der Waals surface area (Å²) in [5.41, 5.74) is 1.21. The average molecular weight is 374 g/mol. The molecule has 1 aromatic carbocycles. The first-order valence-electron chi connectivity index (χ1n) is 6.11. The second kappa shape index (κ2) is 6.95. The zero-order valence-electron chi connectivity index (χ0n) is 11.1. The van der Waals surface area contributed by atoms with Gasteiger partial charge in [0, 0.05) is 16.2 Å². The van der Waals surface area contributed by atoms with Gasteiger partial charge in [-0.3, -0.25) is 0 Å². The quantitative estimate of drug-likeness (QED) is 0.601. The first-order valence-corrected chi connectivity index (χ1v) is 7.44. The van der Waals surface area contributed by atoms with E-state index in [1.165, 1.54) is 18.3 Å². The number of hydrogen-bond donors (Lipinski definition) is 0. The number of benzene rings is 1. The van der Waals surface area contributed by atoms with E-state index >= 15 is 0 Å². The Hall–Kier alpha value is -1.53. The van der Waals surface area contributed by atoms with E-state index < -0.39 is 5.97 Å². The second-order valence-electron chi connectivity index (χ2n) is 4.03. The summed E-state index contributed by atoms with van der Waals surface area (Å²) in [7, 11) is 0. The Labute approximate surface area is 134 Å². The summed E-state index contributed by atoms with van der Waals surface area (Å²) in [6, 6.07) is 4.18. The van der Waals surface area contributed by atoms with Gasteiger partial charge >= 0.3 is 5.97 Å². The lowest BCUT2D eigenvalue weighted by Crippen LogP contribution is -2.10. The molecular weight excluding hydrogens is 363 g/mol. The number of nitrogens with zero attached hydrogens (tertiary/aromatic N) is 2. The maximum atomic E-state index is 13.1. The molecule has 0 aliphatic heterocycles. The molecule has 0 radical (unpaired) electrons. The Morgan fingerprint density at radius 1 is 1.48 bits per heavy atom. The van der Waals surface area contributed by atoms with E-state index in [-0.39, 0.29) is 23.9 Å². The molecule has 1 heterocycles. The Bertz CT molecular complexity index is 682. The van der Waals surface area contributed by atoms with Crippen LogP contribution in [0, 0.1) is 5.82 Å². The van der Waals surface area contributed by atoms with Crippen LogP contribution in [0.15, 0.2) is 28.9 Å². The molecule has 0 unspecified atom stereocenters. The molecule has 0 N–H and O–H groups in total. The van der Waals surface area contributed by atoms with Crippen LogP contribution in [0.5, 0.6) is 0 Å². The number of carbonyl (C=O) groups is 1. The third-order valence-corrected chi connectivity index (χ3v) is 3.57. The minimum absolute atomic E-state index is 0.0441. The standard InChI is InChI=1S/C14H11BrClFN2O2/c1-2-21-14(20)10-7-18-13(19-12(10)6-16)9-4-3-8(17)5-11(9)15/h3-5,7H,2,6H2,1H3. The summed E-state index contributed by atoms with van der Waals surface area (Å²) in [5, 5.41) is 0. The average Bonchev–Trinajstić information content (AvgIpc) is 2.47. The van der Waals surface area contributed by atoms with E-state index in [1.807, 2.05) is 0 Å². The molecule has 0 aliphatic rings. The number of aromatic nitrogens is 2. The van der Waals surface area contributed by atoms with Gasteiger partial charge in [-0.15, -0.1) is 11.6 Å². The summed E-state index contributed by atoms with van der Waals surface area (Å²) in [6.45, 7) is 1.97. The molecule has 0 atom stereocenters. The molecule has 2 aromatic rings. The van der Waals surface area contributed by atoms with Crippen LogP contribution in [0.25, 0.3) is 11.4 Å². The van der Waals surface area contributed by atoms with Gasteiger partial charge in [0.15, 0.2) is 5.82 Å². The zero-order valence-corrected chi connectivity index (χ0v) is 13.4. The maximum absolute atomic E-state index is 13.1. The van der Waals surface area contributed by atoms with Crippen molar-refractivity contribution in [3.05, 3.63) is 45.9 Å². The van der Waals surface area contributed by atoms with Crippen molar-refractivity contribution in [2.75, 3.05) is 6.61 Å². The highest BCUT2D eigenvalue weighted by atomic mass is 79.9. The zero-order chi connectivity index (χ0) is 15.4. The van der Waals surface area contributed by atoms with E-state index in [9.17, 15) is 9.18 Å². The number of halogens is 3. The van der Waals surface area contributed by atoms with Gasteiger partial charge < -0.3 is 4.74 Å². The predicted octanol–water partition coefficient (Wildman–Crippen LogP) is 3.96. The van der Waals surface area contributed by atoms with Crippen molar-refractivity contribution in [2.24, 2.45) is 0 Å². The molecule has 0 amide bonds. The number of esters is 1. The predicted molar refractivity (Wildman–Crippen MR) is 80.6 cm³/mol. The van der Waals surface area contributed by atoms with E-state index in [0.29, 0.717) is 21.6 Å². The van der Waals surface area contributed by atoms with Crippen molar-refractivity contribution in [1.29, 1.82) is 0 Å². The highest BCUT2D eigenvalue weighted by Gasteiger charge is 2.16. The summed E-state index contributed by atoms with van der Waals surface area (Å²) in [5.74, 6) is -0.488. The fourth-order valence-electron chi connectivity index (χ4n) is 1.70. The SMILES string of the molecule is CCOC(=O)c1cnc(-c2ccc(F)cc2Br)nc1CCl. The molecule has 1 aromatic heterocycles. The molecule has 110 valence electrons. The number of alkyl halides is 1. The molecule has 7 heteroatoms. The van der Waals surface area contributed by atoms with E-state index in [1.54, 1.807) is 13.0 Å². The monoisotopic (exact) mass is 372 g/mol. The summed E-state index contributed by atoms with van der Waals surface area (Å²) >= 11 is 9.09. The van der Waals surface area contributed by atoms with E-state index in [4.69, 9.17) is 16.3 Å². The van der Waals surface area contributed by atoms with Crippen molar-refractivity contribution in [1.82, 2.24) is 9.97 Å². The highest BCUT2D eigenvalue weighted by molar-refractivity contribution is 9.10. The van der Waals surface area contributed by atoms with Gasteiger partial charge in [0.25, 0.3) is 0 Å². The van der Waals surface area contributed by atoms with Gasteiger partial charge in [-0.2, -0.15) is 0 Å². The molecule has 21 heavy (non-hydrogen) atoms. The van der Waals surface area contributed by atoms with E-state index in [2.05, 4.69) is 25.9 Å².